The predicted octanol–water partition coefficient (Wildman–Crippen LogP) is 3.44. The normalized spacial score (nSPS) is 27.8. The zero-order valence-corrected chi connectivity index (χ0v) is 38.4. The molecular formula is C46H67N5O14. The average Bonchev–Trinajstić information content (AvgIpc) is 3.74. The number of unbranched alkanes of at least 4 members (excludes halogenated alkanes) is 7. The van der Waals surface area contributed by atoms with Gasteiger partial charge in [0.15, 0.2) is 30.0 Å². The van der Waals surface area contributed by atoms with Crippen molar-refractivity contribution in [1.29, 1.82) is 0 Å². The lowest BCUT2D eigenvalue weighted by Crippen LogP contribution is -2.54. The fraction of sp³-hybridized carbons (Fsp3) is 0.674. The molecule has 10 atom stereocenters. The smallest absolute Gasteiger partial charge is 0.335 e. The molecule has 4 aliphatic rings. The molecule has 3 amide bonds. The molecule has 0 radical (unpaired) electrons. The Hall–Kier alpha value is -4.63. The number of benzene rings is 1. The molecule has 0 unspecified atom stereocenters. The number of fused-ring (bicyclic) bond motifs is 1. The third kappa shape index (κ3) is 12.8. The largest absolute Gasteiger partial charge is 0.497 e. The van der Waals surface area contributed by atoms with Gasteiger partial charge in [-0.1, -0.05) is 64.0 Å². The van der Waals surface area contributed by atoms with Gasteiger partial charge in [0.1, 0.15) is 42.9 Å². The lowest BCUT2D eigenvalue weighted by atomic mass is 10.0. The summed E-state index contributed by atoms with van der Waals surface area (Å²) in [6.07, 6.45) is 3.55. The van der Waals surface area contributed by atoms with Crippen LogP contribution in [0.1, 0.15) is 110 Å². The lowest BCUT2D eigenvalue weighted by molar-refractivity contribution is -0.241. The monoisotopic (exact) mass is 913 g/mol. The molecule has 1 aromatic heterocycles. The first-order chi connectivity index (χ1) is 31.2. The van der Waals surface area contributed by atoms with E-state index in [4.69, 9.17) is 48.4 Å². The number of carbonyl (C=O) groups is 3. The van der Waals surface area contributed by atoms with Crippen LogP contribution in [0, 0.1) is 0 Å². The molecule has 19 nitrogen and oxygen atoms in total. The Balaban J connectivity index is 1.24. The number of methoxy groups -OCH3 is 2. The summed E-state index contributed by atoms with van der Waals surface area (Å²) >= 11 is 0. The van der Waals surface area contributed by atoms with E-state index in [1.165, 1.54) is 49.3 Å². The summed E-state index contributed by atoms with van der Waals surface area (Å²) in [5.41, 5.74) is 5.50. The number of hydrogen-bond acceptors (Lipinski definition) is 14. The highest BCUT2D eigenvalue weighted by molar-refractivity contribution is 5.95. The van der Waals surface area contributed by atoms with Gasteiger partial charge in [0.2, 0.25) is 18.1 Å². The third-order valence-electron chi connectivity index (χ3n) is 12.0. The second-order valence-electron chi connectivity index (χ2n) is 17.5. The van der Waals surface area contributed by atoms with E-state index in [1.807, 2.05) is 19.1 Å². The number of nitrogens with two attached hydrogens (primary N) is 1. The van der Waals surface area contributed by atoms with Crippen LogP contribution in [-0.2, 0) is 65.6 Å². The first-order valence-electron chi connectivity index (χ1n) is 22.9. The minimum atomic E-state index is -1.64. The molecule has 19 heteroatoms. The molecule has 5 heterocycles. The maximum Gasteiger partial charge on any atom is 0.335 e. The number of primary amides is 1. The fourth-order valence-corrected chi connectivity index (χ4v) is 8.62. The topological polar surface area (TPSA) is 228 Å². The third-order valence-corrected chi connectivity index (χ3v) is 12.0. The number of amides is 3. The van der Waals surface area contributed by atoms with E-state index in [-0.39, 0.29) is 37.7 Å². The second kappa shape index (κ2) is 23.2. The van der Waals surface area contributed by atoms with Gasteiger partial charge in [-0.2, -0.15) is 0 Å². The van der Waals surface area contributed by atoms with Crippen LogP contribution in [0.4, 0.5) is 0 Å². The highest BCUT2D eigenvalue weighted by atomic mass is 16.8. The Kier molecular flexibility index (Phi) is 17.8. The van der Waals surface area contributed by atoms with Crippen molar-refractivity contribution in [2.45, 2.75) is 179 Å². The Morgan fingerprint density at radius 2 is 1.69 bits per heavy atom. The molecule has 4 aliphatic heterocycles. The first kappa shape index (κ1) is 49.8. The van der Waals surface area contributed by atoms with Crippen LogP contribution in [-0.4, -0.2) is 108 Å². The minimum absolute atomic E-state index is 0.0382. The van der Waals surface area contributed by atoms with Gasteiger partial charge in [0.05, 0.1) is 13.7 Å². The highest BCUT2D eigenvalue weighted by Crippen LogP contribution is 2.40. The second-order valence-corrected chi connectivity index (χ2v) is 17.5. The molecular weight excluding hydrogens is 847 g/mol. The molecule has 4 N–H and O–H groups in total. The quantitative estimate of drug-likeness (QED) is 0.136. The summed E-state index contributed by atoms with van der Waals surface area (Å²) in [7, 11) is 2.97. The highest BCUT2D eigenvalue weighted by Gasteiger charge is 2.56. The van der Waals surface area contributed by atoms with Crippen LogP contribution in [0.3, 0.4) is 0 Å². The number of carbonyl (C=O) groups excluding carboxylic acids is 3. The summed E-state index contributed by atoms with van der Waals surface area (Å²) < 4.78 is 57.0. The maximum atomic E-state index is 14.2. The van der Waals surface area contributed by atoms with Gasteiger partial charge in [-0.25, -0.2) is 9.36 Å². The van der Waals surface area contributed by atoms with Gasteiger partial charge in [-0.05, 0) is 70.2 Å². The van der Waals surface area contributed by atoms with Crippen molar-refractivity contribution in [1.82, 2.24) is 19.8 Å². The summed E-state index contributed by atoms with van der Waals surface area (Å²) in [5, 5.41) is 5.65. The summed E-state index contributed by atoms with van der Waals surface area (Å²) in [6, 6.07) is 7.53. The standard InChI is InChI=1S/C46H67N5O14/c1-7-8-9-10-11-12-13-14-24-60-39-36(58-6)37(62-43(39)50-23-22-34(52)51(45(50)56)27-59-26-29-18-20-30(57-5)21-19-29)38(40(47)53)63-44-35-32(64-46(3,4)65-35)25-33(61-44)42(55)49-31-17-15-16-28(2)48-41(31)54/h18-23,25,28,31-32,35-39,43-44H,7-17,24,26-27H2,1-6H3,(H2,47,53)(H,48,54)(H,49,55)/t28-,31+,32+,35+,36-,37+,38-,39-,43-,44-/m1/s1. The average molecular weight is 914 g/mol. The van der Waals surface area contributed by atoms with E-state index in [0.717, 1.165) is 42.2 Å². The maximum absolute atomic E-state index is 14.2. The number of hydrogen-bond donors (Lipinski definition) is 3. The van der Waals surface area contributed by atoms with E-state index in [2.05, 4.69) is 17.6 Å². The van der Waals surface area contributed by atoms with Crippen molar-refractivity contribution in [2.75, 3.05) is 20.8 Å². The molecule has 1 aromatic carbocycles. The van der Waals surface area contributed by atoms with E-state index < -0.39 is 84.0 Å². The SMILES string of the molecule is CCCCCCCCCCO[C@@H]1[C@H](OC)[C@@H]([C@@H](O[C@H]2OC(C(=O)N[C@H]3CCC[C@@H](C)NC3=O)=C[C@@H]3OC(C)(C)O[C@H]23)C(N)=O)O[C@H]1n1ccc(=O)n(COCc2ccc(OC)cc2)c1=O. The van der Waals surface area contributed by atoms with Crippen LogP contribution in [0.25, 0.3) is 0 Å². The molecule has 0 bridgehead atoms. The molecule has 0 spiro atoms. The first-order valence-corrected chi connectivity index (χ1v) is 22.9. The molecule has 3 fully saturated rings. The van der Waals surface area contributed by atoms with E-state index in [0.29, 0.717) is 25.0 Å². The Morgan fingerprint density at radius 1 is 0.969 bits per heavy atom. The predicted molar refractivity (Wildman–Crippen MR) is 234 cm³/mol. The van der Waals surface area contributed by atoms with Crippen molar-refractivity contribution in [3.63, 3.8) is 0 Å². The van der Waals surface area contributed by atoms with E-state index in [1.54, 1.807) is 33.1 Å². The number of ether oxygens (including phenoxy) is 9. The van der Waals surface area contributed by atoms with Gasteiger partial charge < -0.3 is 59.0 Å². The van der Waals surface area contributed by atoms with Crippen molar-refractivity contribution in [2.24, 2.45) is 5.73 Å². The van der Waals surface area contributed by atoms with E-state index >= 15 is 0 Å². The number of nitrogens with zero attached hydrogens (tertiary/aromatic N) is 2. The fourth-order valence-electron chi connectivity index (χ4n) is 8.62. The van der Waals surface area contributed by atoms with Crippen molar-refractivity contribution in [3.8, 4) is 5.75 Å². The van der Waals surface area contributed by atoms with Crippen LogP contribution in [0.15, 0.2) is 58.0 Å². The zero-order chi connectivity index (χ0) is 46.7. The van der Waals surface area contributed by atoms with Crippen LogP contribution >= 0.6 is 0 Å². The van der Waals surface area contributed by atoms with Crippen molar-refractivity contribution < 1.29 is 57.0 Å². The molecule has 3 saturated heterocycles. The lowest BCUT2D eigenvalue weighted by Gasteiger charge is -2.35. The molecule has 2 aromatic rings. The number of nitrogens with one attached hydrogen (secondary N) is 2. The van der Waals surface area contributed by atoms with Crippen molar-refractivity contribution >= 4 is 17.7 Å². The zero-order valence-electron chi connectivity index (χ0n) is 38.4. The Labute approximate surface area is 379 Å². The van der Waals surface area contributed by atoms with Crippen LogP contribution < -0.4 is 32.4 Å². The summed E-state index contributed by atoms with van der Waals surface area (Å²) in [4.78, 5) is 67.5. The summed E-state index contributed by atoms with van der Waals surface area (Å²) in [5.74, 6) is -2.68. The molecule has 6 rings (SSSR count). The Morgan fingerprint density at radius 3 is 2.38 bits per heavy atom. The van der Waals surface area contributed by atoms with Gasteiger partial charge in [-0.15, -0.1) is 0 Å². The Bertz CT molecular complexity index is 2060. The van der Waals surface area contributed by atoms with Crippen LogP contribution in [0.2, 0.25) is 0 Å². The van der Waals surface area contributed by atoms with Gasteiger partial charge in [0.25, 0.3) is 11.5 Å². The minimum Gasteiger partial charge on any atom is -0.497 e. The van der Waals surface area contributed by atoms with E-state index in [9.17, 15) is 24.0 Å². The number of aromatic nitrogens is 2. The number of rotatable bonds is 23. The van der Waals surface area contributed by atoms with Crippen LogP contribution in [0.5, 0.6) is 5.75 Å². The molecule has 0 saturated carbocycles. The summed E-state index contributed by atoms with van der Waals surface area (Å²) in [6.45, 7) is 7.44. The van der Waals surface area contributed by atoms with Crippen molar-refractivity contribution in [3.05, 3.63) is 74.8 Å². The molecule has 360 valence electrons. The van der Waals surface area contributed by atoms with Gasteiger partial charge in [0, 0.05) is 32.0 Å². The molecule has 0 aliphatic carbocycles. The van der Waals surface area contributed by atoms with Gasteiger partial charge in [-0.3, -0.25) is 23.7 Å². The molecule has 65 heavy (non-hydrogen) atoms. The van der Waals surface area contributed by atoms with Gasteiger partial charge >= 0.3 is 5.69 Å².